The Morgan fingerprint density at radius 3 is 2.50 bits per heavy atom. The molecule has 58 valence electrons. The summed E-state index contributed by atoms with van der Waals surface area (Å²) in [5.74, 6) is -0.670. The second-order valence-electron chi connectivity index (χ2n) is 3.35. The molecule has 1 unspecified atom stereocenters. The van der Waals surface area contributed by atoms with Gasteiger partial charge in [-0.2, -0.15) is 0 Å². The van der Waals surface area contributed by atoms with Gasteiger partial charge in [0, 0.05) is 6.54 Å². The normalized spacial score (nSPS) is 34.6. The molecule has 1 aliphatic heterocycles. The van der Waals surface area contributed by atoms with Crippen LogP contribution in [-0.2, 0) is 4.79 Å². The van der Waals surface area contributed by atoms with Gasteiger partial charge in [0.1, 0.15) is 0 Å². The maximum Gasteiger partial charge on any atom is 0.310 e. The van der Waals surface area contributed by atoms with E-state index in [-0.39, 0.29) is 0 Å². The van der Waals surface area contributed by atoms with E-state index in [0.29, 0.717) is 6.54 Å². The SMILES string of the molecule is CN1CCC(C)(C(=O)O)C1. The number of carboxylic acid groups (broad SMARTS) is 1. The zero-order valence-corrected chi connectivity index (χ0v) is 6.42. The van der Waals surface area contributed by atoms with Gasteiger partial charge in [-0.05, 0) is 26.9 Å². The molecule has 0 aromatic rings. The van der Waals surface area contributed by atoms with Crippen molar-refractivity contribution in [2.75, 3.05) is 20.1 Å². The molecule has 0 saturated carbocycles. The summed E-state index contributed by atoms with van der Waals surface area (Å²) in [7, 11) is 1.95. The van der Waals surface area contributed by atoms with Crippen LogP contribution in [0.25, 0.3) is 0 Å². The molecular formula is C7H13NO2. The highest BCUT2D eigenvalue weighted by molar-refractivity contribution is 5.74. The molecule has 1 heterocycles. The molecule has 0 aliphatic carbocycles. The van der Waals surface area contributed by atoms with Gasteiger partial charge in [0.2, 0.25) is 0 Å². The Labute approximate surface area is 60.6 Å². The van der Waals surface area contributed by atoms with Gasteiger partial charge >= 0.3 is 5.97 Å². The topological polar surface area (TPSA) is 40.5 Å². The minimum absolute atomic E-state index is 0.491. The van der Waals surface area contributed by atoms with E-state index < -0.39 is 11.4 Å². The summed E-state index contributed by atoms with van der Waals surface area (Å²) in [6, 6.07) is 0. The smallest absolute Gasteiger partial charge is 0.310 e. The molecule has 1 fully saturated rings. The first-order chi connectivity index (χ1) is 4.54. The Kier molecular flexibility index (Phi) is 1.68. The van der Waals surface area contributed by atoms with Crippen molar-refractivity contribution in [3.05, 3.63) is 0 Å². The highest BCUT2D eigenvalue weighted by Gasteiger charge is 2.38. The molecule has 1 aliphatic rings. The number of carbonyl (C=O) groups is 1. The van der Waals surface area contributed by atoms with Crippen LogP contribution in [0.4, 0.5) is 0 Å². The number of hydrogen-bond donors (Lipinski definition) is 1. The van der Waals surface area contributed by atoms with Crippen molar-refractivity contribution in [2.45, 2.75) is 13.3 Å². The van der Waals surface area contributed by atoms with Crippen molar-refractivity contribution in [2.24, 2.45) is 5.41 Å². The zero-order valence-electron chi connectivity index (χ0n) is 6.42. The first-order valence-corrected chi connectivity index (χ1v) is 3.46. The van der Waals surface area contributed by atoms with Crippen LogP contribution in [0.1, 0.15) is 13.3 Å². The van der Waals surface area contributed by atoms with Gasteiger partial charge in [-0.3, -0.25) is 4.79 Å². The Hall–Kier alpha value is -0.570. The number of rotatable bonds is 1. The molecule has 1 rings (SSSR count). The summed E-state index contributed by atoms with van der Waals surface area (Å²) in [5.41, 5.74) is -0.491. The van der Waals surface area contributed by atoms with Crippen molar-refractivity contribution < 1.29 is 9.90 Å². The Bertz CT molecular complexity index is 158. The zero-order chi connectivity index (χ0) is 7.78. The maximum atomic E-state index is 10.6. The van der Waals surface area contributed by atoms with E-state index >= 15 is 0 Å². The Balaban J connectivity index is 2.63. The first-order valence-electron chi connectivity index (χ1n) is 3.46. The van der Waals surface area contributed by atoms with Crippen molar-refractivity contribution in [1.82, 2.24) is 4.90 Å². The van der Waals surface area contributed by atoms with E-state index in [1.807, 2.05) is 11.9 Å². The Morgan fingerprint density at radius 1 is 1.70 bits per heavy atom. The molecule has 0 bridgehead atoms. The van der Waals surface area contributed by atoms with Crippen LogP contribution in [0.5, 0.6) is 0 Å². The lowest BCUT2D eigenvalue weighted by Gasteiger charge is -2.16. The lowest BCUT2D eigenvalue weighted by Crippen LogP contribution is -2.30. The van der Waals surface area contributed by atoms with Crippen molar-refractivity contribution >= 4 is 5.97 Å². The third-order valence-electron chi connectivity index (χ3n) is 2.18. The molecule has 3 heteroatoms. The molecule has 3 nitrogen and oxygen atoms in total. The lowest BCUT2D eigenvalue weighted by atomic mass is 9.90. The second-order valence-corrected chi connectivity index (χ2v) is 3.35. The van der Waals surface area contributed by atoms with Gasteiger partial charge in [0.25, 0.3) is 0 Å². The Morgan fingerprint density at radius 2 is 2.30 bits per heavy atom. The summed E-state index contributed by atoms with van der Waals surface area (Å²) in [5, 5.41) is 8.76. The van der Waals surface area contributed by atoms with Gasteiger partial charge in [0.05, 0.1) is 5.41 Å². The molecule has 1 N–H and O–H groups in total. The fourth-order valence-corrected chi connectivity index (χ4v) is 1.37. The average molecular weight is 143 g/mol. The number of carboxylic acids is 1. The van der Waals surface area contributed by atoms with Crippen LogP contribution in [-0.4, -0.2) is 36.1 Å². The largest absolute Gasteiger partial charge is 0.481 e. The molecule has 0 aromatic heterocycles. The maximum absolute atomic E-state index is 10.6. The molecule has 1 saturated heterocycles. The molecule has 0 spiro atoms. The van der Waals surface area contributed by atoms with Crippen LogP contribution < -0.4 is 0 Å². The predicted molar refractivity (Wildman–Crippen MR) is 37.9 cm³/mol. The van der Waals surface area contributed by atoms with E-state index in [4.69, 9.17) is 5.11 Å². The van der Waals surface area contributed by atoms with Crippen molar-refractivity contribution in [3.8, 4) is 0 Å². The molecule has 1 atom stereocenters. The summed E-state index contributed by atoms with van der Waals surface area (Å²) in [6.07, 6.45) is 0.777. The summed E-state index contributed by atoms with van der Waals surface area (Å²) < 4.78 is 0. The predicted octanol–water partition coefficient (Wildman–Crippen LogP) is 0.413. The van der Waals surface area contributed by atoms with E-state index in [0.717, 1.165) is 13.0 Å². The number of hydrogen-bond acceptors (Lipinski definition) is 2. The monoisotopic (exact) mass is 143 g/mol. The third-order valence-corrected chi connectivity index (χ3v) is 2.18. The van der Waals surface area contributed by atoms with Gasteiger partial charge in [-0.1, -0.05) is 0 Å². The van der Waals surface area contributed by atoms with Gasteiger partial charge in [-0.25, -0.2) is 0 Å². The number of aliphatic carboxylic acids is 1. The van der Waals surface area contributed by atoms with Gasteiger partial charge < -0.3 is 10.0 Å². The van der Waals surface area contributed by atoms with Crippen molar-refractivity contribution in [3.63, 3.8) is 0 Å². The highest BCUT2D eigenvalue weighted by Crippen LogP contribution is 2.28. The quantitative estimate of drug-likeness (QED) is 0.578. The number of likely N-dealkylation sites (tertiary alicyclic amines) is 1. The average Bonchev–Trinajstić information content (AvgIpc) is 2.13. The minimum Gasteiger partial charge on any atom is -0.481 e. The highest BCUT2D eigenvalue weighted by atomic mass is 16.4. The molecule has 0 aromatic carbocycles. The molecular weight excluding hydrogens is 130 g/mol. The van der Waals surface area contributed by atoms with E-state index in [1.54, 1.807) is 6.92 Å². The van der Waals surface area contributed by atoms with Gasteiger partial charge in [-0.15, -0.1) is 0 Å². The summed E-state index contributed by atoms with van der Waals surface area (Å²) in [4.78, 5) is 12.7. The van der Waals surface area contributed by atoms with E-state index in [1.165, 1.54) is 0 Å². The van der Waals surface area contributed by atoms with Crippen LogP contribution in [0, 0.1) is 5.41 Å². The van der Waals surface area contributed by atoms with Crippen LogP contribution in [0.15, 0.2) is 0 Å². The standard InChI is InChI=1S/C7H13NO2/c1-7(6(9)10)3-4-8(2)5-7/h3-5H2,1-2H3,(H,9,10). The summed E-state index contributed by atoms with van der Waals surface area (Å²) in [6.45, 7) is 3.39. The lowest BCUT2D eigenvalue weighted by molar-refractivity contribution is -0.147. The van der Waals surface area contributed by atoms with Crippen LogP contribution in [0.2, 0.25) is 0 Å². The van der Waals surface area contributed by atoms with Gasteiger partial charge in [0.15, 0.2) is 0 Å². The minimum atomic E-state index is -0.670. The molecule has 10 heavy (non-hydrogen) atoms. The van der Waals surface area contributed by atoms with Crippen LogP contribution >= 0.6 is 0 Å². The fourth-order valence-electron chi connectivity index (χ4n) is 1.37. The molecule has 0 radical (unpaired) electrons. The third kappa shape index (κ3) is 1.14. The second kappa shape index (κ2) is 2.23. The first kappa shape index (κ1) is 7.54. The fraction of sp³-hybridized carbons (Fsp3) is 0.857. The van der Waals surface area contributed by atoms with E-state index in [9.17, 15) is 4.79 Å². The summed E-state index contributed by atoms with van der Waals surface area (Å²) >= 11 is 0. The number of nitrogens with zero attached hydrogens (tertiary/aromatic N) is 1. The molecule has 0 amide bonds. The van der Waals surface area contributed by atoms with E-state index in [2.05, 4.69) is 0 Å². The van der Waals surface area contributed by atoms with Crippen LogP contribution in [0.3, 0.4) is 0 Å². The van der Waals surface area contributed by atoms with Crippen molar-refractivity contribution in [1.29, 1.82) is 0 Å².